The number of ether oxygens (including phenoxy) is 1. The molecule has 0 bridgehead atoms. The Morgan fingerprint density at radius 1 is 1.50 bits per heavy atom. The lowest BCUT2D eigenvalue weighted by Gasteiger charge is -2.34. The minimum atomic E-state index is -0.0841. The summed E-state index contributed by atoms with van der Waals surface area (Å²) in [5.41, 5.74) is 8.35. The van der Waals surface area contributed by atoms with Crippen LogP contribution in [0.2, 0.25) is 0 Å². The van der Waals surface area contributed by atoms with Crippen LogP contribution in [0.15, 0.2) is 18.2 Å². The second kappa shape index (κ2) is 6.61. The van der Waals surface area contributed by atoms with Crippen molar-refractivity contribution in [3.05, 3.63) is 23.8 Å². The quantitative estimate of drug-likeness (QED) is 0.821. The first-order valence-corrected chi connectivity index (χ1v) is 7.20. The van der Waals surface area contributed by atoms with E-state index in [1.54, 1.807) is 6.07 Å². The molecule has 20 heavy (non-hydrogen) atoms. The van der Waals surface area contributed by atoms with Gasteiger partial charge in [-0.1, -0.05) is 6.92 Å². The lowest BCUT2D eigenvalue weighted by atomic mass is 10.1. The maximum absolute atomic E-state index is 11.8. The Balaban J connectivity index is 2.15. The number of amides is 1. The van der Waals surface area contributed by atoms with Gasteiger partial charge >= 0.3 is 0 Å². The molecule has 0 radical (unpaired) electrons. The first-order valence-electron chi connectivity index (χ1n) is 7.20. The topological polar surface area (TPSA) is 67.6 Å². The lowest BCUT2D eigenvalue weighted by Crippen LogP contribution is -2.42. The van der Waals surface area contributed by atoms with Crippen LogP contribution in [0.4, 0.5) is 11.4 Å². The predicted octanol–water partition coefficient (Wildman–Crippen LogP) is 1.63. The third-order valence-electron chi connectivity index (χ3n) is 3.56. The van der Waals surface area contributed by atoms with E-state index >= 15 is 0 Å². The number of benzene rings is 1. The van der Waals surface area contributed by atoms with E-state index in [1.165, 1.54) is 0 Å². The zero-order chi connectivity index (χ0) is 14.5. The molecule has 1 amide bonds. The van der Waals surface area contributed by atoms with Crippen LogP contribution in [0, 0.1) is 0 Å². The Bertz CT molecular complexity index is 476. The maximum Gasteiger partial charge on any atom is 0.251 e. The molecule has 3 N–H and O–H groups in total. The molecule has 1 atom stereocenters. The summed E-state index contributed by atoms with van der Waals surface area (Å²) in [5, 5.41) is 2.78. The van der Waals surface area contributed by atoms with E-state index in [4.69, 9.17) is 10.5 Å². The molecule has 1 saturated heterocycles. The van der Waals surface area contributed by atoms with Crippen molar-refractivity contribution in [2.45, 2.75) is 26.4 Å². The van der Waals surface area contributed by atoms with Gasteiger partial charge in [0.15, 0.2) is 0 Å². The highest BCUT2D eigenvalue weighted by Crippen LogP contribution is 2.26. The normalized spacial score (nSPS) is 18.9. The fourth-order valence-electron chi connectivity index (χ4n) is 2.43. The van der Waals surface area contributed by atoms with Crippen molar-refractivity contribution in [2.24, 2.45) is 0 Å². The van der Waals surface area contributed by atoms with Gasteiger partial charge in [0.2, 0.25) is 0 Å². The van der Waals surface area contributed by atoms with Gasteiger partial charge < -0.3 is 20.7 Å². The number of anilines is 2. The van der Waals surface area contributed by atoms with E-state index in [0.29, 0.717) is 17.8 Å². The summed E-state index contributed by atoms with van der Waals surface area (Å²) in [7, 11) is 0. The Kier molecular flexibility index (Phi) is 4.84. The van der Waals surface area contributed by atoms with Gasteiger partial charge in [-0.15, -0.1) is 0 Å². The molecule has 0 aliphatic carbocycles. The first kappa shape index (κ1) is 14.7. The highest BCUT2D eigenvalue weighted by atomic mass is 16.5. The van der Waals surface area contributed by atoms with Gasteiger partial charge in [-0.3, -0.25) is 4.79 Å². The average molecular weight is 277 g/mol. The van der Waals surface area contributed by atoms with Crippen LogP contribution in [0.25, 0.3) is 0 Å². The molecule has 1 aliphatic rings. The van der Waals surface area contributed by atoms with Crippen LogP contribution in [0.3, 0.4) is 0 Å². The molecule has 2 rings (SSSR count). The van der Waals surface area contributed by atoms with Gasteiger partial charge in [0.25, 0.3) is 5.91 Å². The number of hydrogen-bond acceptors (Lipinski definition) is 4. The summed E-state index contributed by atoms with van der Waals surface area (Å²) in [6.45, 7) is 7.03. The Morgan fingerprint density at radius 3 is 2.95 bits per heavy atom. The van der Waals surface area contributed by atoms with Crippen molar-refractivity contribution >= 4 is 17.3 Å². The van der Waals surface area contributed by atoms with Gasteiger partial charge in [-0.2, -0.15) is 0 Å². The number of nitrogens with zero attached hydrogens (tertiary/aromatic N) is 1. The summed E-state index contributed by atoms with van der Waals surface area (Å²) in [5.74, 6) is -0.0841. The van der Waals surface area contributed by atoms with Gasteiger partial charge in [0, 0.05) is 25.2 Å². The number of carbonyl (C=O) groups excluding carboxylic acids is 1. The molecule has 1 aromatic rings. The Labute approximate surface area is 120 Å². The van der Waals surface area contributed by atoms with E-state index in [9.17, 15) is 4.79 Å². The highest BCUT2D eigenvalue weighted by molar-refractivity contribution is 5.96. The average Bonchev–Trinajstić information content (AvgIpc) is 2.47. The fraction of sp³-hybridized carbons (Fsp3) is 0.533. The molecule has 5 heteroatoms. The molecule has 1 aliphatic heterocycles. The number of nitrogens with one attached hydrogen (secondary N) is 1. The molecule has 1 aromatic carbocycles. The smallest absolute Gasteiger partial charge is 0.251 e. The highest BCUT2D eigenvalue weighted by Gasteiger charge is 2.21. The molecule has 5 nitrogen and oxygen atoms in total. The van der Waals surface area contributed by atoms with Crippen molar-refractivity contribution < 1.29 is 9.53 Å². The number of morpholine rings is 1. The first-order chi connectivity index (χ1) is 9.65. The van der Waals surface area contributed by atoms with E-state index < -0.39 is 0 Å². The second-order valence-corrected chi connectivity index (χ2v) is 4.98. The Morgan fingerprint density at radius 2 is 2.30 bits per heavy atom. The molecule has 110 valence electrons. The van der Waals surface area contributed by atoms with Crippen LogP contribution >= 0.6 is 0 Å². The van der Waals surface area contributed by atoms with Gasteiger partial charge in [-0.05, 0) is 31.5 Å². The zero-order valence-electron chi connectivity index (χ0n) is 12.2. The number of nitrogen functional groups attached to an aromatic ring is 1. The van der Waals surface area contributed by atoms with Crippen LogP contribution in [0.5, 0.6) is 0 Å². The number of nitrogens with two attached hydrogens (primary N) is 1. The fourth-order valence-corrected chi connectivity index (χ4v) is 2.43. The monoisotopic (exact) mass is 277 g/mol. The van der Waals surface area contributed by atoms with Crippen LogP contribution in [0.1, 0.15) is 30.6 Å². The lowest BCUT2D eigenvalue weighted by molar-refractivity contribution is 0.0385. The third-order valence-corrected chi connectivity index (χ3v) is 3.56. The van der Waals surface area contributed by atoms with Crippen molar-refractivity contribution in [3.8, 4) is 0 Å². The number of carbonyl (C=O) groups is 1. The molecule has 0 aromatic heterocycles. The second-order valence-electron chi connectivity index (χ2n) is 4.98. The molecule has 0 spiro atoms. The minimum absolute atomic E-state index is 0.0841. The van der Waals surface area contributed by atoms with Crippen LogP contribution < -0.4 is 16.0 Å². The molecule has 1 fully saturated rings. The summed E-state index contributed by atoms with van der Waals surface area (Å²) in [6.07, 6.45) is 1.25. The SMILES string of the molecule is CCNC(=O)c1ccc(N2CCOC(CC)C2)c(N)c1. The van der Waals surface area contributed by atoms with Crippen molar-refractivity contribution in [1.29, 1.82) is 0 Å². The molecule has 1 heterocycles. The van der Waals surface area contributed by atoms with E-state index in [0.717, 1.165) is 31.8 Å². The zero-order valence-corrected chi connectivity index (χ0v) is 12.2. The maximum atomic E-state index is 11.8. The van der Waals surface area contributed by atoms with Crippen molar-refractivity contribution in [2.75, 3.05) is 36.9 Å². The van der Waals surface area contributed by atoms with Gasteiger partial charge in [0.1, 0.15) is 0 Å². The predicted molar refractivity (Wildman–Crippen MR) is 81.1 cm³/mol. The molecular weight excluding hydrogens is 254 g/mol. The summed E-state index contributed by atoms with van der Waals surface area (Å²) >= 11 is 0. The van der Waals surface area contributed by atoms with Gasteiger partial charge in [0.05, 0.1) is 24.1 Å². The minimum Gasteiger partial charge on any atom is -0.397 e. The largest absolute Gasteiger partial charge is 0.397 e. The van der Waals surface area contributed by atoms with Gasteiger partial charge in [-0.25, -0.2) is 0 Å². The van der Waals surface area contributed by atoms with E-state index in [2.05, 4.69) is 17.1 Å². The van der Waals surface area contributed by atoms with Crippen molar-refractivity contribution in [3.63, 3.8) is 0 Å². The molecule has 1 unspecified atom stereocenters. The summed E-state index contributed by atoms with van der Waals surface area (Å²) in [6, 6.07) is 5.50. The Hall–Kier alpha value is -1.75. The van der Waals surface area contributed by atoms with Crippen LogP contribution in [-0.2, 0) is 4.74 Å². The van der Waals surface area contributed by atoms with E-state index in [1.807, 2.05) is 19.1 Å². The van der Waals surface area contributed by atoms with E-state index in [-0.39, 0.29) is 12.0 Å². The summed E-state index contributed by atoms with van der Waals surface area (Å²) < 4.78 is 5.67. The number of rotatable bonds is 4. The molecular formula is C15H23N3O2. The number of hydrogen-bond donors (Lipinski definition) is 2. The summed E-state index contributed by atoms with van der Waals surface area (Å²) in [4.78, 5) is 14.0. The van der Waals surface area contributed by atoms with Crippen molar-refractivity contribution in [1.82, 2.24) is 5.32 Å². The standard InChI is InChI=1S/C15H23N3O2/c1-3-12-10-18(7-8-20-12)14-6-5-11(9-13(14)16)15(19)17-4-2/h5-6,9,12H,3-4,7-8,10,16H2,1-2H3,(H,17,19). The molecule has 0 saturated carbocycles. The third kappa shape index (κ3) is 3.22. The van der Waals surface area contributed by atoms with Crippen LogP contribution in [-0.4, -0.2) is 38.3 Å².